The third-order valence-corrected chi connectivity index (χ3v) is 3.74. The molecule has 1 fully saturated rings. The summed E-state index contributed by atoms with van der Waals surface area (Å²) >= 11 is 0. The van der Waals surface area contributed by atoms with E-state index in [-0.39, 0.29) is 13.0 Å². The molecular weight excluding hydrogens is 364 g/mol. The molecule has 0 bridgehead atoms. The van der Waals surface area contributed by atoms with E-state index in [1.165, 1.54) is 13.8 Å². The molecule has 0 aliphatic heterocycles. The fraction of sp³-hybridized carbons (Fsp3) is 0.706. The van der Waals surface area contributed by atoms with E-state index in [2.05, 4.69) is 0 Å². The van der Waals surface area contributed by atoms with Crippen molar-refractivity contribution in [1.29, 1.82) is 0 Å². The maximum atomic E-state index is 11.6. The smallest absolute Gasteiger partial charge is 0.303 e. The average Bonchev–Trinajstić information content (AvgIpc) is 2.49. The minimum absolute atomic E-state index is 0.0561. The minimum atomic E-state index is -1.24. The van der Waals surface area contributed by atoms with E-state index in [0.29, 0.717) is 0 Å². The van der Waals surface area contributed by atoms with Gasteiger partial charge in [-0.1, -0.05) is 0 Å². The zero-order chi connectivity index (χ0) is 20.7. The summed E-state index contributed by atoms with van der Waals surface area (Å²) in [6, 6.07) is 0. The standard InChI is InChI=1S/C17H24O10/c1-8(18)23-7-13-6-14(24-9(2)19)16(26-11(4)21)17(27-12(5)22)15(13)25-10(3)20/h13-17H,6-7H2,1-5H3/t13-,14+,15-,16+,17+/m1/s1. The summed E-state index contributed by atoms with van der Waals surface area (Å²) in [6.45, 7) is 5.64. The van der Waals surface area contributed by atoms with E-state index in [1.807, 2.05) is 0 Å². The summed E-state index contributed by atoms with van der Waals surface area (Å²) in [5.74, 6) is -3.95. The van der Waals surface area contributed by atoms with Crippen molar-refractivity contribution in [2.75, 3.05) is 6.61 Å². The molecule has 0 aromatic rings. The Kier molecular flexibility index (Phi) is 8.20. The summed E-state index contributed by atoms with van der Waals surface area (Å²) in [5.41, 5.74) is 0. The number of esters is 5. The average molecular weight is 388 g/mol. The lowest BCUT2D eigenvalue weighted by atomic mass is 9.80. The van der Waals surface area contributed by atoms with Gasteiger partial charge in [-0.05, 0) is 6.42 Å². The summed E-state index contributed by atoms with van der Waals surface area (Å²) in [7, 11) is 0. The van der Waals surface area contributed by atoms with E-state index in [9.17, 15) is 24.0 Å². The minimum Gasteiger partial charge on any atom is -0.465 e. The van der Waals surface area contributed by atoms with Crippen LogP contribution in [0.4, 0.5) is 0 Å². The second-order valence-corrected chi connectivity index (χ2v) is 6.17. The van der Waals surface area contributed by atoms with Gasteiger partial charge in [0.05, 0.1) is 6.61 Å². The van der Waals surface area contributed by atoms with Crippen molar-refractivity contribution in [2.45, 2.75) is 65.5 Å². The van der Waals surface area contributed by atoms with Crippen LogP contribution in [-0.2, 0) is 47.7 Å². The normalized spacial score (nSPS) is 27.1. The fourth-order valence-corrected chi connectivity index (χ4v) is 2.96. The molecule has 0 unspecified atom stereocenters. The van der Waals surface area contributed by atoms with E-state index in [4.69, 9.17) is 23.7 Å². The van der Waals surface area contributed by atoms with Gasteiger partial charge in [-0.2, -0.15) is 0 Å². The topological polar surface area (TPSA) is 132 Å². The number of ether oxygens (including phenoxy) is 5. The molecule has 0 radical (unpaired) electrons. The van der Waals surface area contributed by atoms with Gasteiger partial charge < -0.3 is 23.7 Å². The Bertz CT molecular complexity index is 599. The van der Waals surface area contributed by atoms with Gasteiger partial charge >= 0.3 is 29.8 Å². The Morgan fingerprint density at radius 1 is 0.630 bits per heavy atom. The highest BCUT2D eigenvalue weighted by atomic mass is 16.6. The van der Waals surface area contributed by atoms with Crippen molar-refractivity contribution in [3.8, 4) is 0 Å². The van der Waals surface area contributed by atoms with E-state index in [0.717, 1.165) is 20.8 Å². The lowest BCUT2D eigenvalue weighted by molar-refractivity contribution is -0.221. The largest absolute Gasteiger partial charge is 0.465 e. The zero-order valence-corrected chi connectivity index (χ0v) is 15.9. The lowest BCUT2D eigenvalue weighted by Gasteiger charge is -2.43. The summed E-state index contributed by atoms with van der Waals surface area (Å²) in [6.07, 6.45) is -4.42. The molecule has 1 aliphatic rings. The molecule has 10 nitrogen and oxygen atoms in total. The third kappa shape index (κ3) is 7.24. The second-order valence-electron chi connectivity index (χ2n) is 6.17. The fourth-order valence-electron chi connectivity index (χ4n) is 2.96. The Morgan fingerprint density at radius 3 is 1.52 bits per heavy atom. The quantitative estimate of drug-likeness (QED) is 0.462. The van der Waals surface area contributed by atoms with Crippen LogP contribution in [0.25, 0.3) is 0 Å². The van der Waals surface area contributed by atoms with Gasteiger partial charge in [0.15, 0.2) is 12.2 Å². The molecule has 152 valence electrons. The Hall–Kier alpha value is -2.65. The molecule has 1 saturated carbocycles. The van der Waals surface area contributed by atoms with Crippen LogP contribution in [0, 0.1) is 5.92 Å². The van der Waals surface area contributed by atoms with Crippen molar-refractivity contribution in [2.24, 2.45) is 5.92 Å². The highest BCUT2D eigenvalue weighted by molar-refractivity contribution is 5.69. The molecule has 5 atom stereocenters. The monoisotopic (exact) mass is 388 g/mol. The van der Waals surface area contributed by atoms with Crippen LogP contribution in [0.5, 0.6) is 0 Å². The van der Waals surface area contributed by atoms with Crippen molar-refractivity contribution in [1.82, 2.24) is 0 Å². The first-order valence-electron chi connectivity index (χ1n) is 8.33. The van der Waals surface area contributed by atoms with Crippen molar-refractivity contribution >= 4 is 29.8 Å². The van der Waals surface area contributed by atoms with Crippen LogP contribution in [0.15, 0.2) is 0 Å². The molecule has 0 heterocycles. The molecule has 0 amide bonds. The van der Waals surface area contributed by atoms with E-state index in [1.54, 1.807) is 0 Å². The summed E-state index contributed by atoms with van der Waals surface area (Å²) < 4.78 is 25.9. The van der Waals surface area contributed by atoms with E-state index >= 15 is 0 Å². The number of rotatable bonds is 6. The van der Waals surface area contributed by atoms with Gasteiger partial charge in [-0.3, -0.25) is 24.0 Å². The van der Waals surface area contributed by atoms with Crippen LogP contribution < -0.4 is 0 Å². The molecule has 0 aromatic carbocycles. The van der Waals surface area contributed by atoms with Crippen molar-refractivity contribution in [3.63, 3.8) is 0 Å². The number of hydrogen-bond donors (Lipinski definition) is 0. The molecule has 27 heavy (non-hydrogen) atoms. The van der Waals surface area contributed by atoms with Gasteiger partial charge in [0.1, 0.15) is 12.2 Å². The molecule has 10 heteroatoms. The van der Waals surface area contributed by atoms with E-state index < -0.39 is 60.2 Å². The molecule has 1 rings (SSSR count). The zero-order valence-electron chi connectivity index (χ0n) is 15.9. The van der Waals surface area contributed by atoms with Gasteiger partial charge in [0, 0.05) is 40.5 Å². The molecule has 0 spiro atoms. The van der Waals surface area contributed by atoms with Crippen molar-refractivity contribution < 1.29 is 47.7 Å². The van der Waals surface area contributed by atoms with Crippen LogP contribution in [-0.4, -0.2) is 60.9 Å². The third-order valence-electron chi connectivity index (χ3n) is 3.74. The molecule has 0 saturated heterocycles. The maximum absolute atomic E-state index is 11.6. The molecule has 1 aliphatic carbocycles. The number of carbonyl (C=O) groups is 5. The Labute approximate surface area is 156 Å². The van der Waals surface area contributed by atoms with Crippen LogP contribution in [0.1, 0.15) is 41.0 Å². The van der Waals surface area contributed by atoms with Gasteiger partial charge in [0.2, 0.25) is 0 Å². The number of hydrogen-bond acceptors (Lipinski definition) is 10. The highest BCUT2D eigenvalue weighted by Gasteiger charge is 2.52. The molecule has 0 N–H and O–H groups in total. The first-order valence-corrected chi connectivity index (χ1v) is 8.33. The van der Waals surface area contributed by atoms with Crippen molar-refractivity contribution in [3.05, 3.63) is 0 Å². The van der Waals surface area contributed by atoms with Crippen LogP contribution in [0.2, 0.25) is 0 Å². The van der Waals surface area contributed by atoms with Gasteiger partial charge in [-0.15, -0.1) is 0 Å². The second kappa shape index (κ2) is 9.89. The maximum Gasteiger partial charge on any atom is 0.303 e. The molecular formula is C17H24O10. The SMILES string of the molecule is CC(=O)OC[C@H]1C[C@H](OC(C)=O)[C@H](OC(C)=O)[C@@H](OC(C)=O)[C@@H]1OC(C)=O. The first kappa shape index (κ1) is 22.4. The predicted molar refractivity (Wildman–Crippen MR) is 87.0 cm³/mol. The van der Waals surface area contributed by atoms with Gasteiger partial charge in [0.25, 0.3) is 0 Å². The Balaban J connectivity index is 3.29. The number of carbonyl (C=O) groups excluding carboxylic acids is 5. The van der Waals surface area contributed by atoms with Gasteiger partial charge in [-0.25, -0.2) is 0 Å². The highest BCUT2D eigenvalue weighted by Crippen LogP contribution is 2.34. The van der Waals surface area contributed by atoms with Crippen LogP contribution >= 0.6 is 0 Å². The first-order chi connectivity index (χ1) is 12.5. The predicted octanol–water partition coefficient (Wildman–Crippen LogP) is 0.296. The van der Waals surface area contributed by atoms with Crippen LogP contribution in [0.3, 0.4) is 0 Å². The summed E-state index contributed by atoms with van der Waals surface area (Å²) in [4.78, 5) is 57.3. The molecule has 0 aromatic heterocycles. The lowest BCUT2D eigenvalue weighted by Crippen LogP contribution is -2.59. The summed E-state index contributed by atoms with van der Waals surface area (Å²) in [5, 5.41) is 0. The Morgan fingerprint density at radius 2 is 1.07 bits per heavy atom.